The number of rotatable bonds is 7. The van der Waals surface area contributed by atoms with E-state index in [0.29, 0.717) is 0 Å². The summed E-state index contributed by atoms with van der Waals surface area (Å²) in [7, 11) is 0. The second-order valence-electron chi connectivity index (χ2n) is 16.0. The van der Waals surface area contributed by atoms with Crippen molar-refractivity contribution in [2.24, 2.45) is 0 Å². The van der Waals surface area contributed by atoms with Crippen LogP contribution in [-0.2, 0) is 0 Å². The number of hydrogen-bond donors (Lipinski definition) is 0. The Morgan fingerprint density at radius 3 is 1.75 bits per heavy atom. The zero-order chi connectivity index (χ0) is 40.3. The Bertz CT molecular complexity index is 3410. The van der Waals surface area contributed by atoms with Crippen molar-refractivity contribution in [2.45, 2.75) is 5.92 Å². The minimum atomic E-state index is 0.0587. The predicted molar refractivity (Wildman–Crippen MR) is 255 cm³/mol. The first-order valence-electron chi connectivity index (χ1n) is 21.0. The zero-order valence-corrected chi connectivity index (χ0v) is 33.4. The average molecular weight is 778 g/mol. The van der Waals surface area contributed by atoms with Crippen molar-refractivity contribution in [1.82, 2.24) is 0 Å². The largest absolute Gasteiger partial charge is 0.456 e. The summed E-state index contributed by atoms with van der Waals surface area (Å²) in [6, 6.07) is 83.6. The maximum Gasteiger partial charge on any atom is 0.139 e. The highest BCUT2D eigenvalue weighted by Gasteiger charge is 2.32. The van der Waals surface area contributed by atoms with Gasteiger partial charge in [-0.3, -0.25) is 0 Å². The summed E-state index contributed by atoms with van der Waals surface area (Å²) >= 11 is 0. The first kappa shape index (κ1) is 35.0. The number of benzene rings is 10. The van der Waals surface area contributed by atoms with E-state index >= 15 is 0 Å². The van der Waals surface area contributed by atoms with E-state index in [1.54, 1.807) is 0 Å². The molecule has 61 heavy (non-hydrogen) atoms. The number of furan rings is 1. The van der Waals surface area contributed by atoms with Crippen molar-refractivity contribution in [1.29, 1.82) is 0 Å². The van der Waals surface area contributed by atoms with E-state index in [1.165, 1.54) is 60.8 Å². The highest BCUT2D eigenvalue weighted by atomic mass is 16.3. The molecule has 0 aliphatic heterocycles. The maximum absolute atomic E-state index is 6.62. The molecule has 0 bridgehead atoms. The normalized spacial score (nSPS) is 13.1. The van der Waals surface area contributed by atoms with Crippen LogP contribution in [0.5, 0.6) is 0 Å². The maximum atomic E-state index is 6.62. The first-order valence-corrected chi connectivity index (χ1v) is 21.0. The van der Waals surface area contributed by atoms with Gasteiger partial charge in [0.05, 0.1) is 11.4 Å². The van der Waals surface area contributed by atoms with Gasteiger partial charge in [-0.2, -0.15) is 0 Å². The molecule has 0 saturated carbocycles. The van der Waals surface area contributed by atoms with E-state index in [4.69, 9.17) is 4.42 Å². The Labute approximate surface area is 355 Å². The van der Waals surface area contributed by atoms with Crippen LogP contribution in [0.25, 0.3) is 77.2 Å². The second kappa shape index (κ2) is 14.4. The number of hydrogen-bond acceptors (Lipinski definition) is 2. The SMILES string of the molecule is c1ccc(-c2ccc(N(c3ccccc3-c3ccc(-c4ccc5c(c4)C(c4cccc6c4oc4ccccc46)c4ccccc4-5)cc3)c3cccc4ccccc34)cc2)cc1. The van der Waals surface area contributed by atoms with E-state index in [2.05, 4.69) is 229 Å². The molecule has 286 valence electrons. The first-order chi connectivity index (χ1) is 30.3. The summed E-state index contributed by atoms with van der Waals surface area (Å²) in [4.78, 5) is 2.42. The fourth-order valence-corrected chi connectivity index (χ4v) is 9.72. The lowest BCUT2D eigenvalue weighted by atomic mass is 9.87. The van der Waals surface area contributed by atoms with Crippen LogP contribution in [0, 0.1) is 0 Å². The highest BCUT2D eigenvalue weighted by Crippen LogP contribution is 2.51. The van der Waals surface area contributed by atoms with Gasteiger partial charge in [0, 0.05) is 38.9 Å². The summed E-state index contributed by atoms with van der Waals surface area (Å²) in [6.07, 6.45) is 0. The van der Waals surface area contributed by atoms with E-state index in [1.807, 2.05) is 6.07 Å². The Balaban J connectivity index is 0.947. The standard InChI is InChI=1S/C59H39NO/c1-2-14-39(15-3-1)40-32-35-45(36-33-40)60(56-26-12-17-42-16-4-5-18-46(42)56)55-25-10-8-19-47(55)43-30-28-41(29-31-43)44-34-37-49-48-20-6-7-22-51(48)58(54(49)38-44)53-24-13-23-52-50-21-9-11-27-57(50)61-59(52)53/h1-38,58H. The van der Waals surface area contributed by atoms with Crippen LogP contribution in [0.4, 0.5) is 17.1 Å². The van der Waals surface area contributed by atoms with Gasteiger partial charge in [0.15, 0.2) is 0 Å². The van der Waals surface area contributed by atoms with Crippen LogP contribution in [-0.4, -0.2) is 0 Å². The van der Waals surface area contributed by atoms with E-state index in [-0.39, 0.29) is 5.92 Å². The second-order valence-corrected chi connectivity index (χ2v) is 16.0. The zero-order valence-electron chi connectivity index (χ0n) is 33.4. The topological polar surface area (TPSA) is 16.4 Å². The molecule has 11 aromatic rings. The number of nitrogens with zero attached hydrogens (tertiary/aromatic N) is 1. The molecule has 0 radical (unpaired) electrons. The summed E-state index contributed by atoms with van der Waals surface area (Å²) in [6.45, 7) is 0. The van der Waals surface area contributed by atoms with Gasteiger partial charge in [-0.1, -0.05) is 194 Å². The van der Waals surface area contributed by atoms with E-state index in [0.717, 1.165) is 50.1 Å². The van der Waals surface area contributed by atoms with E-state index in [9.17, 15) is 0 Å². The minimum absolute atomic E-state index is 0.0587. The molecule has 1 aromatic heterocycles. The highest BCUT2D eigenvalue weighted by molar-refractivity contribution is 6.07. The van der Waals surface area contributed by atoms with E-state index < -0.39 is 0 Å². The lowest BCUT2D eigenvalue weighted by molar-refractivity contribution is 0.661. The fourth-order valence-electron chi connectivity index (χ4n) is 9.72. The lowest BCUT2D eigenvalue weighted by Gasteiger charge is -2.29. The van der Waals surface area contributed by atoms with Gasteiger partial charge >= 0.3 is 0 Å². The summed E-state index contributed by atoms with van der Waals surface area (Å²) in [5.74, 6) is 0.0587. The smallest absolute Gasteiger partial charge is 0.139 e. The minimum Gasteiger partial charge on any atom is -0.456 e. The molecule has 2 nitrogen and oxygen atoms in total. The molecular weight excluding hydrogens is 739 g/mol. The molecule has 2 heteroatoms. The van der Waals surface area contributed by atoms with Gasteiger partial charge < -0.3 is 9.32 Å². The Hall–Kier alpha value is -7.94. The lowest BCUT2D eigenvalue weighted by Crippen LogP contribution is -2.11. The van der Waals surface area contributed by atoms with Gasteiger partial charge in [0.2, 0.25) is 0 Å². The quantitative estimate of drug-likeness (QED) is 0.160. The molecule has 1 atom stereocenters. The van der Waals surface area contributed by atoms with Gasteiger partial charge in [-0.15, -0.1) is 0 Å². The van der Waals surface area contributed by atoms with Gasteiger partial charge in [0.25, 0.3) is 0 Å². The van der Waals surface area contributed by atoms with Gasteiger partial charge in [0.1, 0.15) is 11.2 Å². The predicted octanol–water partition coefficient (Wildman–Crippen LogP) is 16.4. The molecule has 0 amide bonds. The number of fused-ring (bicyclic) bond motifs is 7. The van der Waals surface area contributed by atoms with Crippen molar-refractivity contribution in [3.8, 4) is 44.5 Å². The Kier molecular flexibility index (Phi) is 8.28. The summed E-state index contributed by atoms with van der Waals surface area (Å²) in [5, 5.41) is 4.73. The Morgan fingerprint density at radius 1 is 0.328 bits per heavy atom. The summed E-state index contributed by atoms with van der Waals surface area (Å²) < 4.78 is 6.62. The monoisotopic (exact) mass is 777 g/mol. The van der Waals surface area contributed by atoms with Crippen LogP contribution in [0.1, 0.15) is 22.6 Å². The van der Waals surface area contributed by atoms with Crippen LogP contribution >= 0.6 is 0 Å². The molecule has 10 aromatic carbocycles. The molecule has 1 heterocycles. The van der Waals surface area contributed by atoms with Crippen molar-refractivity contribution >= 4 is 49.8 Å². The molecule has 1 unspecified atom stereocenters. The molecule has 0 saturated heterocycles. The number of para-hydroxylation sites is 3. The third-order valence-electron chi connectivity index (χ3n) is 12.6. The fraction of sp³-hybridized carbons (Fsp3) is 0.0169. The van der Waals surface area contributed by atoms with Gasteiger partial charge in [-0.05, 0) is 91.9 Å². The van der Waals surface area contributed by atoms with Crippen molar-refractivity contribution < 1.29 is 4.42 Å². The average Bonchev–Trinajstić information content (AvgIpc) is 3.88. The molecule has 0 fully saturated rings. The van der Waals surface area contributed by atoms with Crippen molar-refractivity contribution in [3.05, 3.63) is 247 Å². The van der Waals surface area contributed by atoms with Crippen LogP contribution in [0.15, 0.2) is 235 Å². The van der Waals surface area contributed by atoms with Crippen molar-refractivity contribution in [3.63, 3.8) is 0 Å². The third kappa shape index (κ3) is 5.87. The number of anilines is 3. The van der Waals surface area contributed by atoms with Crippen LogP contribution in [0.2, 0.25) is 0 Å². The van der Waals surface area contributed by atoms with Crippen LogP contribution < -0.4 is 4.90 Å². The Morgan fingerprint density at radius 2 is 0.885 bits per heavy atom. The molecular formula is C59H39NO. The molecule has 0 N–H and O–H groups in total. The van der Waals surface area contributed by atoms with Crippen molar-refractivity contribution in [2.75, 3.05) is 4.90 Å². The molecule has 0 spiro atoms. The molecule has 12 rings (SSSR count). The third-order valence-corrected chi connectivity index (χ3v) is 12.6. The molecule has 1 aliphatic carbocycles. The summed E-state index contributed by atoms with van der Waals surface area (Å²) in [5.41, 5.74) is 18.8. The van der Waals surface area contributed by atoms with Gasteiger partial charge in [-0.25, -0.2) is 0 Å². The van der Waals surface area contributed by atoms with Crippen LogP contribution in [0.3, 0.4) is 0 Å². The molecule has 1 aliphatic rings.